The molecule has 1 fully saturated rings. The van der Waals surface area contributed by atoms with Crippen molar-refractivity contribution in [3.63, 3.8) is 0 Å². The number of aliphatic hydroxyl groups is 1. The van der Waals surface area contributed by atoms with Crippen LogP contribution in [0.3, 0.4) is 0 Å². The van der Waals surface area contributed by atoms with Crippen molar-refractivity contribution in [2.45, 2.75) is 24.9 Å². The van der Waals surface area contributed by atoms with Crippen LogP contribution in [0.1, 0.15) is 23.8 Å². The van der Waals surface area contributed by atoms with E-state index in [9.17, 15) is 33.3 Å². The first-order chi connectivity index (χ1) is 16.6. The van der Waals surface area contributed by atoms with Gasteiger partial charge in [0.05, 0.1) is 12.7 Å². The second kappa shape index (κ2) is 11.0. The standard InChI is InChI=1S/C17H19N2O14P3/c20-13-8-15(31-14(13)10-30-35(26,27)33-36(28,29)32-34(23,24)25)19-9-12(16(21)18-17(19)22)7-6-11-4-2-1-3-5-11/h1-5,9,13-15,20H,8,10H2,(H,26,27)(H,28,29)(H,18,21,22)(H2,23,24,25). The average Bonchev–Trinajstić information content (AvgIpc) is 3.10. The fraction of sp³-hybridized carbons (Fsp3) is 0.294. The molecule has 196 valence electrons. The Morgan fingerprint density at radius 1 is 1.03 bits per heavy atom. The molecule has 2 aromatic rings. The summed E-state index contributed by atoms with van der Waals surface area (Å²) >= 11 is 0. The number of hydrogen-bond donors (Lipinski definition) is 6. The zero-order valence-electron chi connectivity index (χ0n) is 17.8. The lowest BCUT2D eigenvalue weighted by atomic mass is 10.2. The zero-order chi connectivity index (χ0) is 26.7. The highest BCUT2D eigenvalue weighted by Crippen LogP contribution is 2.66. The van der Waals surface area contributed by atoms with Crippen LogP contribution in [0.4, 0.5) is 0 Å². The fourth-order valence-electron chi connectivity index (χ4n) is 2.96. The van der Waals surface area contributed by atoms with E-state index < -0.39 is 59.8 Å². The maximum atomic E-state index is 12.3. The Labute approximate surface area is 201 Å². The van der Waals surface area contributed by atoms with Gasteiger partial charge >= 0.3 is 29.2 Å². The number of aromatic nitrogens is 2. The van der Waals surface area contributed by atoms with E-state index in [2.05, 4.69) is 30.0 Å². The second-order valence-corrected chi connectivity index (χ2v) is 11.6. The molecule has 5 atom stereocenters. The van der Waals surface area contributed by atoms with Crippen molar-refractivity contribution in [2.75, 3.05) is 6.61 Å². The van der Waals surface area contributed by atoms with Gasteiger partial charge in [-0.3, -0.25) is 18.9 Å². The van der Waals surface area contributed by atoms with E-state index in [4.69, 9.17) is 19.4 Å². The average molecular weight is 568 g/mol. The Balaban J connectivity index is 1.70. The molecule has 2 heterocycles. The zero-order valence-corrected chi connectivity index (χ0v) is 20.5. The van der Waals surface area contributed by atoms with Gasteiger partial charge in [0.1, 0.15) is 17.9 Å². The van der Waals surface area contributed by atoms with Crippen LogP contribution in [0, 0.1) is 11.8 Å². The number of benzene rings is 1. The number of phosphoric ester groups is 1. The number of nitrogens with one attached hydrogen (secondary N) is 1. The van der Waals surface area contributed by atoms with Gasteiger partial charge in [-0.05, 0) is 12.1 Å². The second-order valence-electron chi connectivity index (χ2n) is 7.14. The van der Waals surface area contributed by atoms with Crippen molar-refractivity contribution < 1.29 is 56.3 Å². The lowest BCUT2D eigenvalue weighted by molar-refractivity contribution is -0.0450. The highest BCUT2D eigenvalue weighted by atomic mass is 31.3. The van der Waals surface area contributed by atoms with E-state index in [0.717, 1.165) is 10.8 Å². The van der Waals surface area contributed by atoms with Gasteiger partial charge in [-0.25, -0.2) is 18.5 Å². The molecule has 1 saturated heterocycles. The third-order valence-electron chi connectivity index (χ3n) is 4.42. The summed E-state index contributed by atoms with van der Waals surface area (Å²) in [6.45, 7) is -0.917. The third-order valence-corrected chi connectivity index (χ3v) is 8.22. The number of aromatic amines is 1. The Morgan fingerprint density at radius 3 is 2.33 bits per heavy atom. The molecule has 1 aliphatic rings. The first kappa shape index (κ1) is 28.4. The highest BCUT2D eigenvalue weighted by molar-refractivity contribution is 7.66. The molecule has 3 rings (SSSR count). The van der Waals surface area contributed by atoms with Crippen molar-refractivity contribution in [3.8, 4) is 11.8 Å². The predicted octanol–water partition coefficient (Wildman–Crippen LogP) is -0.0719. The molecule has 0 spiro atoms. The molecular formula is C17H19N2O14P3. The molecular weight excluding hydrogens is 549 g/mol. The van der Waals surface area contributed by atoms with Crippen LogP contribution >= 0.6 is 23.5 Å². The predicted molar refractivity (Wildman–Crippen MR) is 118 cm³/mol. The van der Waals surface area contributed by atoms with E-state index in [1.54, 1.807) is 30.3 Å². The smallest absolute Gasteiger partial charge is 0.390 e. The Kier molecular flexibility index (Phi) is 8.70. The van der Waals surface area contributed by atoms with Gasteiger partial charge in [0.15, 0.2) is 0 Å². The first-order valence-electron chi connectivity index (χ1n) is 9.68. The molecule has 1 aliphatic heterocycles. The summed E-state index contributed by atoms with van der Waals surface area (Å²) in [5.74, 6) is 5.38. The number of H-pyrrole nitrogens is 1. The SMILES string of the molecule is O=c1[nH]c(=O)n(C2CC(O)C(COP(=O)(O)OP(=O)(O)OP(=O)(O)O)O2)cc1C#Cc1ccccc1. The van der Waals surface area contributed by atoms with Crippen molar-refractivity contribution in [1.82, 2.24) is 9.55 Å². The highest BCUT2D eigenvalue weighted by Gasteiger charge is 2.43. The molecule has 5 unspecified atom stereocenters. The monoisotopic (exact) mass is 568 g/mol. The lowest BCUT2D eigenvalue weighted by Gasteiger charge is -2.19. The molecule has 0 aliphatic carbocycles. The number of phosphoric acid groups is 3. The Hall–Kier alpha value is -2.21. The minimum absolute atomic E-state index is 0.0896. The number of hydrogen-bond acceptors (Lipinski definition) is 10. The van der Waals surface area contributed by atoms with Crippen molar-refractivity contribution in [2.24, 2.45) is 0 Å². The van der Waals surface area contributed by atoms with Crippen LogP contribution in [0.25, 0.3) is 0 Å². The van der Waals surface area contributed by atoms with Gasteiger partial charge in [0, 0.05) is 18.2 Å². The molecule has 16 nitrogen and oxygen atoms in total. The maximum Gasteiger partial charge on any atom is 0.490 e. The van der Waals surface area contributed by atoms with Gasteiger partial charge in [0.25, 0.3) is 5.56 Å². The number of aliphatic hydroxyl groups excluding tert-OH is 1. The number of rotatable bonds is 8. The minimum Gasteiger partial charge on any atom is -0.390 e. The molecule has 6 N–H and O–H groups in total. The van der Waals surface area contributed by atoms with Gasteiger partial charge < -0.3 is 29.4 Å². The summed E-state index contributed by atoms with van der Waals surface area (Å²) < 4.78 is 51.9. The minimum atomic E-state index is -5.71. The Bertz CT molecular complexity index is 1420. The molecule has 0 radical (unpaired) electrons. The number of nitrogens with zero attached hydrogens (tertiary/aromatic N) is 1. The summed E-state index contributed by atoms with van der Waals surface area (Å²) in [7, 11) is -16.7. The quantitative estimate of drug-likeness (QED) is 0.180. The molecule has 19 heteroatoms. The maximum absolute atomic E-state index is 12.3. The summed E-state index contributed by atoms with van der Waals surface area (Å²) in [5, 5.41) is 10.2. The largest absolute Gasteiger partial charge is 0.490 e. The van der Waals surface area contributed by atoms with Crippen molar-refractivity contribution >= 4 is 23.5 Å². The molecule has 0 bridgehead atoms. The molecule has 0 saturated carbocycles. The van der Waals surface area contributed by atoms with Crippen LogP contribution < -0.4 is 11.2 Å². The van der Waals surface area contributed by atoms with Gasteiger partial charge in [-0.15, -0.1) is 0 Å². The van der Waals surface area contributed by atoms with Crippen LogP contribution in [-0.4, -0.2) is 53.0 Å². The van der Waals surface area contributed by atoms with Crippen molar-refractivity contribution in [3.05, 3.63) is 68.5 Å². The van der Waals surface area contributed by atoms with Gasteiger partial charge in [-0.2, -0.15) is 8.62 Å². The van der Waals surface area contributed by atoms with Crippen LogP contribution in [-0.2, 0) is 31.6 Å². The van der Waals surface area contributed by atoms with Crippen LogP contribution in [0.5, 0.6) is 0 Å². The van der Waals surface area contributed by atoms with Crippen molar-refractivity contribution in [1.29, 1.82) is 0 Å². The molecule has 1 aromatic heterocycles. The summed E-state index contributed by atoms with van der Waals surface area (Å²) in [6.07, 6.45) is -3.03. The van der Waals surface area contributed by atoms with Crippen LogP contribution in [0.15, 0.2) is 46.1 Å². The summed E-state index contributed by atoms with van der Waals surface area (Å²) in [5.41, 5.74) is -1.14. The lowest BCUT2D eigenvalue weighted by Crippen LogP contribution is -2.33. The van der Waals surface area contributed by atoms with Gasteiger partial charge in [-0.1, -0.05) is 30.0 Å². The normalized spacial score (nSPS) is 23.3. The van der Waals surface area contributed by atoms with E-state index in [1.165, 1.54) is 0 Å². The number of ether oxygens (including phenoxy) is 1. The topological polar surface area (TPSA) is 244 Å². The first-order valence-corrected chi connectivity index (χ1v) is 14.2. The summed E-state index contributed by atoms with van der Waals surface area (Å²) in [4.78, 5) is 62.2. The van der Waals surface area contributed by atoms with E-state index in [0.29, 0.717) is 5.56 Å². The third kappa shape index (κ3) is 8.16. The molecule has 0 amide bonds. The molecule has 1 aromatic carbocycles. The molecule has 36 heavy (non-hydrogen) atoms. The van der Waals surface area contributed by atoms with E-state index in [-0.39, 0.29) is 12.0 Å². The summed E-state index contributed by atoms with van der Waals surface area (Å²) in [6, 6.07) is 8.67. The van der Waals surface area contributed by atoms with E-state index in [1.807, 2.05) is 0 Å². The van der Waals surface area contributed by atoms with Gasteiger partial charge in [0.2, 0.25) is 0 Å². The fourth-order valence-corrected chi connectivity index (χ4v) is 5.99. The van der Waals surface area contributed by atoms with E-state index >= 15 is 0 Å². The Morgan fingerprint density at radius 2 is 1.69 bits per heavy atom. The van der Waals surface area contributed by atoms with Crippen LogP contribution in [0.2, 0.25) is 0 Å².